The van der Waals surface area contributed by atoms with Gasteiger partial charge in [-0.1, -0.05) is 45.0 Å². The molecule has 144 valence electrons. The van der Waals surface area contributed by atoms with Gasteiger partial charge in [0.1, 0.15) is 11.6 Å². The van der Waals surface area contributed by atoms with Crippen LogP contribution in [0.15, 0.2) is 30.3 Å². The highest BCUT2D eigenvalue weighted by Crippen LogP contribution is 2.24. The molecule has 1 aromatic carbocycles. The minimum atomic E-state index is 0.00674. The molecule has 0 fully saturated rings. The molecule has 2 heterocycles. The van der Waals surface area contributed by atoms with Gasteiger partial charge in [0.2, 0.25) is 5.91 Å². The molecule has 1 aliphatic heterocycles. The van der Waals surface area contributed by atoms with Crippen molar-refractivity contribution < 1.29 is 9.59 Å². The van der Waals surface area contributed by atoms with Crippen LogP contribution in [0.25, 0.3) is 0 Å². The third-order valence-corrected chi connectivity index (χ3v) is 5.05. The lowest BCUT2D eigenvalue weighted by Crippen LogP contribution is -2.37. The molecule has 5 heteroatoms. The summed E-state index contributed by atoms with van der Waals surface area (Å²) in [5.74, 6) is 0.967. The zero-order valence-corrected chi connectivity index (χ0v) is 16.8. The SMILES string of the molecule is Cc1cc2n(n1)CCCN2C(=O)CCC(=O)Cc1ccc(C(C)(C)C)cc1. The molecular formula is C22H29N3O2. The minimum absolute atomic E-state index is 0.00674. The third kappa shape index (κ3) is 4.65. The number of hydrogen-bond donors (Lipinski definition) is 0. The maximum absolute atomic E-state index is 12.6. The molecule has 5 nitrogen and oxygen atoms in total. The van der Waals surface area contributed by atoms with E-state index >= 15 is 0 Å². The molecule has 1 aliphatic rings. The summed E-state index contributed by atoms with van der Waals surface area (Å²) in [5, 5.41) is 4.41. The summed E-state index contributed by atoms with van der Waals surface area (Å²) in [5.41, 5.74) is 3.28. The third-order valence-electron chi connectivity index (χ3n) is 5.05. The summed E-state index contributed by atoms with van der Waals surface area (Å²) in [6.07, 6.45) is 1.81. The summed E-state index contributed by atoms with van der Waals surface area (Å²) in [4.78, 5) is 26.7. The Labute approximate surface area is 161 Å². The number of Topliss-reactive ketones (excluding diaryl/α,β-unsaturated/α-hetero) is 1. The van der Waals surface area contributed by atoms with Crippen LogP contribution in [-0.2, 0) is 28.0 Å². The van der Waals surface area contributed by atoms with Crippen LogP contribution in [0.1, 0.15) is 56.9 Å². The minimum Gasteiger partial charge on any atom is -0.299 e. The van der Waals surface area contributed by atoms with E-state index in [1.54, 1.807) is 4.90 Å². The molecule has 1 aromatic heterocycles. The number of benzene rings is 1. The van der Waals surface area contributed by atoms with Crippen molar-refractivity contribution in [1.82, 2.24) is 9.78 Å². The molecule has 0 unspecified atom stereocenters. The molecule has 0 aliphatic carbocycles. The second-order valence-corrected chi connectivity index (χ2v) is 8.43. The standard InChI is InChI=1S/C22H29N3O2/c1-16-14-20-24(12-5-13-25(20)23-16)21(27)11-10-19(26)15-17-6-8-18(9-7-17)22(2,3)4/h6-9,14H,5,10-13,15H2,1-4H3. The lowest BCUT2D eigenvalue weighted by molar-refractivity contribution is -0.123. The summed E-state index contributed by atoms with van der Waals surface area (Å²) in [6.45, 7) is 10.00. The lowest BCUT2D eigenvalue weighted by atomic mass is 9.86. The number of ketones is 1. The Morgan fingerprint density at radius 2 is 1.78 bits per heavy atom. The van der Waals surface area contributed by atoms with Gasteiger partial charge in [-0.25, -0.2) is 4.68 Å². The van der Waals surface area contributed by atoms with E-state index in [1.807, 2.05) is 29.8 Å². The van der Waals surface area contributed by atoms with Crippen molar-refractivity contribution in [1.29, 1.82) is 0 Å². The van der Waals surface area contributed by atoms with Crippen molar-refractivity contribution in [3.63, 3.8) is 0 Å². The molecule has 0 saturated carbocycles. The van der Waals surface area contributed by atoms with Gasteiger partial charge in [0.05, 0.1) is 5.69 Å². The Morgan fingerprint density at radius 3 is 2.44 bits per heavy atom. The Bertz CT molecular complexity index is 828. The van der Waals surface area contributed by atoms with Crippen molar-refractivity contribution in [2.45, 2.75) is 65.3 Å². The summed E-state index contributed by atoms with van der Waals surface area (Å²) in [7, 11) is 0. The van der Waals surface area contributed by atoms with E-state index in [0.717, 1.165) is 30.0 Å². The first kappa shape index (κ1) is 19.3. The van der Waals surface area contributed by atoms with Crippen molar-refractivity contribution in [3.05, 3.63) is 47.2 Å². The average Bonchev–Trinajstić information content (AvgIpc) is 2.99. The maximum Gasteiger partial charge on any atom is 0.228 e. The van der Waals surface area contributed by atoms with E-state index in [9.17, 15) is 9.59 Å². The topological polar surface area (TPSA) is 55.2 Å². The highest BCUT2D eigenvalue weighted by Gasteiger charge is 2.24. The number of fused-ring (bicyclic) bond motifs is 1. The van der Waals surface area contributed by atoms with Gasteiger partial charge in [0, 0.05) is 38.4 Å². The predicted octanol–water partition coefficient (Wildman–Crippen LogP) is 3.82. The monoisotopic (exact) mass is 367 g/mol. The first-order valence-electron chi connectivity index (χ1n) is 9.70. The molecule has 0 radical (unpaired) electrons. The van der Waals surface area contributed by atoms with E-state index in [4.69, 9.17) is 0 Å². The molecule has 0 spiro atoms. The highest BCUT2D eigenvalue weighted by atomic mass is 16.2. The second-order valence-electron chi connectivity index (χ2n) is 8.43. The molecule has 0 N–H and O–H groups in total. The molecule has 0 atom stereocenters. The number of rotatable bonds is 5. The van der Waals surface area contributed by atoms with Crippen molar-refractivity contribution in [3.8, 4) is 0 Å². The van der Waals surface area contributed by atoms with Crippen LogP contribution in [0.5, 0.6) is 0 Å². The van der Waals surface area contributed by atoms with E-state index in [2.05, 4.69) is 38.0 Å². The number of carbonyl (C=O) groups is 2. The van der Waals surface area contributed by atoms with Gasteiger partial charge in [-0.3, -0.25) is 14.5 Å². The summed E-state index contributed by atoms with van der Waals surface area (Å²) in [6, 6.07) is 10.2. The van der Waals surface area contributed by atoms with E-state index < -0.39 is 0 Å². The number of hydrogen-bond acceptors (Lipinski definition) is 3. The van der Waals surface area contributed by atoms with Crippen molar-refractivity contribution >= 4 is 17.5 Å². The number of carbonyl (C=O) groups excluding carboxylic acids is 2. The van der Waals surface area contributed by atoms with Crippen LogP contribution in [0, 0.1) is 6.92 Å². The molecular weight excluding hydrogens is 338 g/mol. The fourth-order valence-corrected chi connectivity index (χ4v) is 3.48. The van der Waals surface area contributed by atoms with Gasteiger partial charge in [-0.05, 0) is 29.9 Å². The van der Waals surface area contributed by atoms with Gasteiger partial charge in [0.15, 0.2) is 0 Å². The normalized spacial score (nSPS) is 14.1. The average molecular weight is 367 g/mol. The molecule has 3 rings (SSSR count). The largest absolute Gasteiger partial charge is 0.299 e. The Balaban J connectivity index is 1.54. The lowest BCUT2D eigenvalue weighted by Gasteiger charge is -2.27. The molecule has 1 amide bonds. The maximum atomic E-state index is 12.6. The number of aromatic nitrogens is 2. The fourth-order valence-electron chi connectivity index (χ4n) is 3.48. The number of amides is 1. The molecule has 27 heavy (non-hydrogen) atoms. The Hall–Kier alpha value is -2.43. The highest BCUT2D eigenvalue weighted by molar-refractivity contribution is 5.95. The van der Waals surface area contributed by atoms with Crippen LogP contribution < -0.4 is 4.90 Å². The van der Waals surface area contributed by atoms with Gasteiger partial charge >= 0.3 is 0 Å². The Kier molecular flexibility index (Phi) is 5.49. The first-order chi connectivity index (χ1) is 12.7. The number of aryl methyl sites for hydroxylation is 2. The van der Waals surface area contributed by atoms with E-state index in [0.29, 0.717) is 13.0 Å². The van der Waals surface area contributed by atoms with Crippen LogP contribution in [0.4, 0.5) is 5.82 Å². The van der Waals surface area contributed by atoms with E-state index in [-0.39, 0.29) is 29.9 Å². The van der Waals surface area contributed by atoms with Gasteiger partial charge in [-0.15, -0.1) is 0 Å². The van der Waals surface area contributed by atoms with Crippen LogP contribution in [0.2, 0.25) is 0 Å². The van der Waals surface area contributed by atoms with Gasteiger partial charge in [0.25, 0.3) is 0 Å². The number of nitrogens with zero attached hydrogens (tertiary/aromatic N) is 3. The van der Waals surface area contributed by atoms with Gasteiger partial charge < -0.3 is 0 Å². The summed E-state index contributed by atoms with van der Waals surface area (Å²) < 4.78 is 1.88. The van der Waals surface area contributed by atoms with Crippen LogP contribution >= 0.6 is 0 Å². The fraction of sp³-hybridized carbons (Fsp3) is 0.500. The molecule has 2 aromatic rings. The number of anilines is 1. The Morgan fingerprint density at radius 1 is 1.07 bits per heavy atom. The first-order valence-corrected chi connectivity index (χ1v) is 9.70. The van der Waals surface area contributed by atoms with Crippen molar-refractivity contribution in [2.24, 2.45) is 0 Å². The second kappa shape index (κ2) is 7.67. The zero-order chi connectivity index (χ0) is 19.6. The zero-order valence-electron chi connectivity index (χ0n) is 16.8. The summed E-state index contributed by atoms with van der Waals surface area (Å²) >= 11 is 0. The van der Waals surface area contributed by atoms with Crippen LogP contribution in [0.3, 0.4) is 0 Å². The van der Waals surface area contributed by atoms with Gasteiger partial charge in [-0.2, -0.15) is 5.10 Å². The van der Waals surface area contributed by atoms with E-state index in [1.165, 1.54) is 5.56 Å². The quantitative estimate of drug-likeness (QED) is 0.807. The molecule has 0 bridgehead atoms. The predicted molar refractivity (Wildman–Crippen MR) is 107 cm³/mol. The molecule has 0 saturated heterocycles. The van der Waals surface area contributed by atoms with Crippen molar-refractivity contribution in [2.75, 3.05) is 11.4 Å². The van der Waals surface area contributed by atoms with Crippen LogP contribution in [-0.4, -0.2) is 28.0 Å². The smallest absolute Gasteiger partial charge is 0.228 e.